The Labute approximate surface area is 118 Å². The zero-order valence-corrected chi connectivity index (χ0v) is 12.1. The van der Waals surface area contributed by atoms with E-state index in [1.54, 1.807) is 23.1 Å². The van der Waals surface area contributed by atoms with E-state index < -0.39 is 6.10 Å². The molecule has 0 saturated carbocycles. The summed E-state index contributed by atoms with van der Waals surface area (Å²) in [5, 5.41) is 0.576. The molecule has 0 aromatic heterocycles. The molecule has 0 bridgehead atoms. The predicted molar refractivity (Wildman–Crippen MR) is 76.7 cm³/mol. The average molecular weight is 283 g/mol. The number of carbonyl (C=O) groups excluding carboxylic acids is 1. The fourth-order valence-electron chi connectivity index (χ4n) is 2.20. The summed E-state index contributed by atoms with van der Waals surface area (Å²) < 4.78 is 5.79. The molecule has 5 heteroatoms. The Morgan fingerprint density at radius 1 is 1.42 bits per heavy atom. The summed E-state index contributed by atoms with van der Waals surface area (Å²) >= 11 is 6.01. The number of halogens is 1. The van der Waals surface area contributed by atoms with Gasteiger partial charge in [0.25, 0.3) is 5.91 Å². The summed E-state index contributed by atoms with van der Waals surface area (Å²) in [6, 6.07) is 5.22. The van der Waals surface area contributed by atoms with Crippen LogP contribution < -0.4 is 15.4 Å². The second kappa shape index (κ2) is 5.39. The van der Waals surface area contributed by atoms with Crippen LogP contribution in [0.25, 0.3) is 0 Å². The Morgan fingerprint density at radius 2 is 2.11 bits per heavy atom. The number of ether oxygens (including phenoxy) is 1. The van der Waals surface area contributed by atoms with Crippen LogP contribution in [0.2, 0.25) is 5.02 Å². The molecule has 2 rings (SSSR count). The minimum absolute atomic E-state index is 0.0530. The summed E-state index contributed by atoms with van der Waals surface area (Å²) in [5.74, 6) is 0.731. The molecule has 0 saturated heterocycles. The molecule has 0 radical (unpaired) electrons. The van der Waals surface area contributed by atoms with Crippen LogP contribution in [0.1, 0.15) is 20.8 Å². The van der Waals surface area contributed by atoms with Crippen molar-refractivity contribution in [3.05, 3.63) is 23.2 Å². The molecule has 1 amide bonds. The van der Waals surface area contributed by atoms with E-state index in [1.165, 1.54) is 0 Å². The number of rotatable bonds is 3. The molecular weight excluding hydrogens is 264 g/mol. The summed E-state index contributed by atoms with van der Waals surface area (Å²) in [5.41, 5.74) is 6.42. The van der Waals surface area contributed by atoms with E-state index in [-0.39, 0.29) is 17.9 Å². The first-order valence-corrected chi connectivity index (χ1v) is 6.82. The van der Waals surface area contributed by atoms with Crippen LogP contribution in [0.5, 0.6) is 5.75 Å². The smallest absolute Gasteiger partial charge is 0.268 e. The lowest BCUT2D eigenvalue weighted by Gasteiger charge is -2.39. The van der Waals surface area contributed by atoms with Gasteiger partial charge in [0, 0.05) is 17.6 Å². The molecule has 19 heavy (non-hydrogen) atoms. The maximum Gasteiger partial charge on any atom is 0.268 e. The normalized spacial score (nSPS) is 20.2. The number of nitrogens with two attached hydrogens (primary N) is 1. The molecule has 2 N–H and O–H groups in total. The lowest BCUT2D eigenvalue weighted by atomic mass is 10.0. The third-order valence-electron chi connectivity index (χ3n) is 3.30. The second-order valence-electron chi connectivity index (χ2n) is 5.19. The van der Waals surface area contributed by atoms with Crippen molar-refractivity contribution >= 4 is 23.2 Å². The van der Waals surface area contributed by atoms with Crippen molar-refractivity contribution in [2.24, 2.45) is 11.7 Å². The number of hydrogen-bond donors (Lipinski definition) is 1. The zero-order valence-electron chi connectivity index (χ0n) is 11.4. The van der Waals surface area contributed by atoms with Gasteiger partial charge in [0.05, 0.1) is 5.69 Å². The van der Waals surface area contributed by atoms with Crippen LogP contribution in [0.4, 0.5) is 5.69 Å². The van der Waals surface area contributed by atoms with E-state index in [1.807, 2.05) is 20.8 Å². The molecule has 1 heterocycles. The van der Waals surface area contributed by atoms with Gasteiger partial charge in [-0.2, -0.15) is 0 Å². The molecule has 1 aliphatic rings. The number of amides is 1. The highest BCUT2D eigenvalue weighted by Gasteiger charge is 2.38. The number of fused-ring (bicyclic) bond motifs is 1. The molecule has 2 atom stereocenters. The monoisotopic (exact) mass is 282 g/mol. The molecule has 104 valence electrons. The highest BCUT2D eigenvalue weighted by atomic mass is 35.5. The largest absolute Gasteiger partial charge is 0.478 e. The predicted octanol–water partition coefficient (Wildman–Crippen LogP) is 2.44. The van der Waals surface area contributed by atoms with Crippen LogP contribution in [0, 0.1) is 5.92 Å². The van der Waals surface area contributed by atoms with Crippen LogP contribution in [-0.4, -0.2) is 24.6 Å². The Bertz CT molecular complexity index is 490. The van der Waals surface area contributed by atoms with Crippen molar-refractivity contribution in [2.75, 3.05) is 11.4 Å². The average Bonchev–Trinajstić information content (AvgIpc) is 2.37. The summed E-state index contributed by atoms with van der Waals surface area (Å²) in [4.78, 5) is 14.2. The number of nitrogens with zero attached hydrogens (tertiary/aromatic N) is 1. The molecular formula is C14H19ClN2O2. The van der Waals surface area contributed by atoms with Crippen molar-refractivity contribution in [1.82, 2.24) is 0 Å². The van der Waals surface area contributed by atoms with Gasteiger partial charge in [0.15, 0.2) is 6.10 Å². The minimum atomic E-state index is -0.470. The van der Waals surface area contributed by atoms with Gasteiger partial charge in [0.2, 0.25) is 0 Å². The lowest BCUT2D eigenvalue weighted by Crippen LogP contribution is -2.53. The summed E-state index contributed by atoms with van der Waals surface area (Å²) in [6.45, 7) is 6.25. The van der Waals surface area contributed by atoms with E-state index in [9.17, 15) is 4.79 Å². The molecule has 0 aliphatic carbocycles. The lowest BCUT2D eigenvalue weighted by molar-refractivity contribution is -0.128. The molecule has 1 aliphatic heterocycles. The quantitative estimate of drug-likeness (QED) is 0.926. The van der Waals surface area contributed by atoms with Crippen LogP contribution in [0.3, 0.4) is 0 Å². The third kappa shape index (κ3) is 2.55. The first-order chi connectivity index (χ1) is 8.95. The van der Waals surface area contributed by atoms with Crippen molar-refractivity contribution in [3.63, 3.8) is 0 Å². The Kier molecular flexibility index (Phi) is 4.02. The standard InChI is InChI=1S/C14H19ClN2O2/c1-8(2)13-14(18)17(9(3)7-16)11-6-10(15)4-5-12(11)19-13/h4-6,8-9,13H,7,16H2,1-3H3. The van der Waals surface area contributed by atoms with Gasteiger partial charge in [-0.15, -0.1) is 0 Å². The minimum Gasteiger partial charge on any atom is -0.478 e. The van der Waals surface area contributed by atoms with Crippen molar-refractivity contribution in [2.45, 2.75) is 32.9 Å². The molecule has 0 fully saturated rings. The number of carbonyl (C=O) groups is 1. The van der Waals surface area contributed by atoms with Gasteiger partial charge >= 0.3 is 0 Å². The van der Waals surface area contributed by atoms with E-state index in [0.29, 0.717) is 23.0 Å². The fraction of sp³-hybridized carbons (Fsp3) is 0.500. The Hall–Kier alpha value is -1.26. The molecule has 2 unspecified atom stereocenters. The van der Waals surface area contributed by atoms with E-state index in [0.717, 1.165) is 0 Å². The van der Waals surface area contributed by atoms with Crippen molar-refractivity contribution < 1.29 is 9.53 Å². The van der Waals surface area contributed by atoms with Gasteiger partial charge in [-0.3, -0.25) is 4.79 Å². The molecule has 4 nitrogen and oxygen atoms in total. The first-order valence-electron chi connectivity index (χ1n) is 6.45. The summed E-state index contributed by atoms with van der Waals surface area (Å²) in [6.07, 6.45) is -0.470. The van der Waals surface area contributed by atoms with Crippen LogP contribution in [0.15, 0.2) is 18.2 Å². The fourth-order valence-corrected chi connectivity index (χ4v) is 2.37. The zero-order chi connectivity index (χ0) is 14.2. The molecule has 1 aromatic rings. The second-order valence-corrected chi connectivity index (χ2v) is 5.62. The van der Waals surface area contributed by atoms with E-state index in [4.69, 9.17) is 22.1 Å². The van der Waals surface area contributed by atoms with Gasteiger partial charge < -0.3 is 15.4 Å². The van der Waals surface area contributed by atoms with Gasteiger partial charge in [-0.25, -0.2) is 0 Å². The van der Waals surface area contributed by atoms with Gasteiger partial charge in [-0.1, -0.05) is 25.4 Å². The third-order valence-corrected chi connectivity index (χ3v) is 3.54. The maximum absolute atomic E-state index is 12.5. The van der Waals surface area contributed by atoms with Gasteiger partial charge in [0.1, 0.15) is 5.75 Å². The molecule has 0 spiro atoms. The number of anilines is 1. The SMILES string of the molecule is CC(C)C1Oc2ccc(Cl)cc2N(C(C)CN)C1=O. The summed E-state index contributed by atoms with van der Waals surface area (Å²) in [7, 11) is 0. The van der Waals surface area contributed by atoms with Crippen LogP contribution in [-0.2, 0) is 4.79 Å². The Balaban J connectivity index is 2.50. The topological polar surface area (TPSA) is 55.6 Å². The molecule has 1 aromatic carbocycles. The Morgan fingerprint density at radius 3 is 2.68 bits per heavy atom. The number of benzene rings is 1. The van der Waals surface area contributed by atoms with E-state index >= 15 is 0 Å². The van der Waals surface area contributed by atoms with Crippen molar-refractivity contribution in [3.8, 4) is 5.75 Å². The highest BCUT2D eigenvalue weighted by molar-refractivity contribution is 6.31. The van der Waals surface area contributed by atoms with Gasteiger partial charge in [-0.05, 0) is 31.0 Å². The van der Waals surface area contributed by atoms with Crippen LogP contribution >= 0.6 is 11.6 Å². The highest BCUT2D eigenvalue weighted by Crippen LogP contribution is 2.38. The first kappa shape index (κ1) is 14.2. The van der Waals surface area contributed by atoms with E-state index in [2.05, 4.69) is 0 Å². The number of hydrogen-bond acceptors (Lipinski definition) is 3. The van der Waals surface area contributed by atoms with Crippen molar-refractivity contribution in [1.29, 1.82) is 0 Å². The maximum atomic E-state index is 12.5.